The summed E-state index contributed by atoms with van der Waals surface area (Å²) in [5.74, 6) is -0.00228. The number of hydrogen-bond acceptors (Lipinski definition) is 7. The van der Waals surface area contributed by atoms with Gasteiger partial charge in [-0.3, -0.25) is 9.59 Å². The fourth-order valence-electron chi connectivity index (χ4n) is 6.57. The fraction of sp³-hybridized carbons (Fsp3) is 0.406. The first kappa shape index (κ1) is 27.5. The number of hydrogen-bond donors (Lipinski definition) is 2. The zero-order chi connectivity index (χ0) is 28.9. The van der Waals surface area contributed by atoms with Crippen molar-refractivity contribution in [3.05, 3.63) is 98.0 Å². The van der Waals surface area contributed by atoms with E-state index in [4.69, 9.17) is 4.74 Å². The van der Waals surface area contributed by atoms with Gasteiger partial charge in [0.15, 0.2) is 5.60 Å². The third-order valence-electron chi connectivity index (χ3n) is 9.17. The number of carbonyl (C=O) groups excluding carboxylic acids is 2. The van der Waals surface area contributed by atoms with Crippen LogP contribution in [0.4, 0.5) is 0 Å². The van der Waals surface area contributed by atoms with Gasteiger partial charge in [0, 0.05) is 44.6 Å². The lowest BCUT2D eigenvalue weighted by atomic mass is 9.78. The standard InChI is InChI=1S/C32H37N3O5Si/c1-4-32(39)25-18-26-29(30(37)24(25)20-40-31(32)38)35-19-23-21(9-7-10-22(23)17-27(35)33-26)12-16-41(2,3)15-8-14-34-13-6-5-11-28(34)36/h5-7,9-11,13,17,33,39H,4,8,12,14-16,18-20H2,1-3H3/t32-/m0/s1. The Morgan fingerprint density at radius 3 is 2.71 bits per heavy atom. The number of benzene rings is 1. The monoisotopic (exact) mass is 571 g/mol. The summed E-state index contributed by atoms with van der Waals surface area (Å²) >= 11 is 0. The lowest BCUT2D eigenvalue weighted by Gasteiger charge is -2.36. The molecule has 1 aromatic heterocycles. The van der Waals surface area contributed by atoms with E-state index in [0.29, 0.717) is 29.8 Å². The van der Waals surface area contributed by atoms with Gasteiger partial charge in [-0.2, -0.15) is 0 Å². The maximum atomic E-state index is 13.7. The van der Waals surface area contributed by atoms with E-state index in [9.17, 15) is 19.5 Å². The van der Waals surface area contributed by atoms with E-state index >= 15 is 0 Å². The number of aryl methyl sites for hydroxylation is 2. The highest BCUT2D eigenvalue weighted by molar-refractivity contribution is 6.77. The lowest BCUT2D eigenvalue weighted by Crippen LogP contribution is -2.48. The van der Waals surface area contributed by atoms with Crippen LogP contribution >= 0.6 is 0 Å². The van der Waals surface area contributed by atoms with E-state index in [1.165, 1.54) is 11.1 Å². The molecule has 0 spiro atoms. The number of rotatable bonds is 8. The first-order valence-corrected chi connectivity index (χ1v) is 18.0. The van der Waals surface area contributed by atoms with Crippen molar-refractivity contribution in [2.45, 2.75) is 76.5 Å². The first-order chi connectivity index (χ1) is 19.6. The molecular weight excluding hydrogens is 534 g/mol. The number of allylic oxidation sites excluding steroid dienone is 2. The minimum Gasteiger partial charge on any atom is -0.458 e. The SMILES string of the molecule is CC[C@@]1(O)C(=O)OCC2=C1CC1=C(C2=O)N2Cc3c(cccc3CC[Si](C)(C)CCCn3ccccc3=O)C=C2N1. The van der Waals surface area contributed by atoms with Crippen molar-refractivity contribution in [1.29, 1.82) is 0 Å². The van der Waals surface area contributed by atoms with Gasteiger partial charge in [0.1, 0.15) is 18.1 Å². The number of nitrogens with zero attached hydrogens (tertiary/aromatic N) is 2. The van der Waals surface area contributed by atoms with Gasteiger partial charge in [-0.05, 0) is 53.7 Å². The number of ether oxygens (including phenoxy) is 1. The molecule has 0 fully saturated rings. The quantitative estimate of drug-likeness (QED) is 0.364. The summed E-state index contributed by atoms with van der Waals surface area (Å²) in [7, 11) is -1.50. The van der Waals surface area contributed by atoms with E-state index in [0.717, 1.165) is 48.6 Å². The summed E-state index contributed by atoms with van der Waals surface area (Å²) in [6.45, 7) is 7.83. The molecule has 0 amide bonds. The predicted molar refractivity (Wildman–Crippen MR) is 159 cm³/mol. The van der Waals surface area contributed by atoms with Crippen LogP contribution in [-0.2, 0) is 33.8 Å². The minimum absolute atomic E-state index is 0.0551. The van der Waals surface area contributed by atoms with Crippen LogP contribution < -0.4 is 10.9 Å². The second-order valence-electron chi connectivity index (χ2n) is 12.3. The van der Waals surface area contributed by atoms with E-state index in [2.05, 4.69) is 47.6 Å². The lowest BCUT2D eigenvalue weighted by molar-refractivity contribution is -0.163. The number of esters is 1. The molecule has 0 bridgehead atoms. The van der Waals surface area contributed by atoms with Gasteiger partial charge in [-0.15, -0.1) is 0 Å². The molecule has 0 unspecified atom stereocenters. The topological polar surface area (TPSA) is 101 Å². The molecule has 4 heterocycles. The molecular formula is C32H37N3O5Si. The zero-order valence-electron chi connectivity index (χ0n) is 24.0. The van der Waals surface area contributed by atoms with Gasteiger partial charge in [0.25, 0.3) is 0 Å². The number of carbonyl (C=O) groups is 2. The van der Waals surface area contributed by atoms with Gasteiger partial charge in [-0.25, -0.2) is 4.79 Å². The fourth-order valence-corrected chi connectivity index (χ4v) is 8.89. The number of aromatic nitrogens is 1. The molecule has 1 atom stereocenters. The van der Waals surface area contributed by atoms with Gasteiger partial charge in [-0.1, -0.05) is 56.4 Å². The van der Waals surface area contributed by atoms with Gasteiger partial charge in [0.2, 0.25) is 11.3 Å². The Kier molecular flexibility index (Phi) is 6.90. The van der Waals surface area contributed by atoms with E-state index in [1.807, 2.05) is 12.3 Å². The van der Waals surface area contributed by atoms with Crippen LogP contribution in [0.3, 0.4) is 0 Å². The molecule has 1 aromatic carbocycles. The first-order valence-electron chi connectivity index (χ1n) is 14.5. The largest absolute Gasteiger partial charge is 0.458 e. The Bertz CT molecular complexity index is 1600. The van der Waals surface area contributed by atoms with Gasteiger partial charge >= 0.3 is 5.97 Å². The van der Waals surface area contributed by atoms with Crippen LogP contribution in [0, 0.1) is 0 Å². The number of aliphatic hydroxyl groups is 1. The van der Waals surface area contributed by atoms with Crippen LogP contribution in [0.1, 0.15) is 42.9 Å². The van der Waals surface area contributed by atoms with Crippen LogP contribution in [0.15, 0.2) is 75.8 Å². The molecule has 6 rings (SSSR count). The van der Waals surface area contributed by atoms with Crippen molar-refractivity contribution < 1.29 is 19.4 Å². The summed E-state index contributed by atoms with van der Waals surface area (Å²) in [6, 6.07) is 14.0. The predicted octanol–water partition coefficient (Wildman–Crippen LogP) is 4.09. The Morgan fingerprint density at radius 2 is 1.93 bits per heavy atom. The highest BCUT2D eigenvalue weighted by Gasteiger charge is 2.51. The summed E-state index contributed by atoms with van der Waals surface area (Å²) < 4.78 is 7.04. The van der Waals surface area contributed by atoms with E-state index in [1.54, 1.807) is 23.6 Å². The van der Waals surface area contributed by atoms with Crippen molar-refractivity contribution in [1.82, 2.24) is 14.8 Å². The average Bonchev–Trinajstić information content (AvgIpc) is 3.31. The van der Waals surface area contributed by atoms with Crippen molar-refractivity contribution in [2.75, 3.05) is 6.61 Å². The second-order valence-corrected chi connectivity index (χ2v) is 17.6. The number of nitrogens with one attached hydrogen (secondary N) is 1. The molecule has 0 radical (unpaired) electrons. The highest BCUT2D eigenvalue weighted by Crippen LogP contribution is 2.44. The summed E-state index contributed by atoms with van der Waals surface area (Å²) in [5, 5.41) is 14.5. The highest BCUT2D eigenvalue weighted by atomic mass is 28.3. The van der Waals surface area contributed by atoms with Crippen LogP contribution in [0.2, 0.25) is 25.2 Å². The Morgan fingerprint density at radius 1 is 1.10 bits per heavy atom. The number of ketones is 1. The molecule has 9 heteroatoms. The van der Waals surface area contributed by atoms with Crippen molar-refractivity contribution in [2.24, 2.45) is 0 Å². The Balaban J connectivity index is 1.17. The van der Waals surface area contributed by atoms with Crippen molar-refractivity contribution >= 4 is 25.9 Å². The molecule has 4 aliphatic rings. The molecule has 2 aromatic rings. The zero-order valence-corrected chi connectivity index (χ0v) is 25.0. The number of cyclic esters (lactones) is 1. The van der Waals surface area contributed by atoms with Gasteiger partial charge in [0.05, 0.1) is 6.54 Å². The molecule has 1 aliphatic carbocycles. The molecule has 8 nitrogen and oxygen atoms in total. The van der Waals surface area contributed by atoms with E-state index < -0.39 is 19.6 Å². The Hall–Kier alpha value is -3.69. The van der Waals surface area contributed by atoms with Crippen molar-refractivity contribution in [3.63, 3.8) is 0 Å². The molecule has 41 heavy (non-hydrogen) atoms. The maximum absolute atomic E-state index is 13.7. The number of pyridine rings is 1. The third kappa shape index (κ3) is 4.80. The van der Waals surface area contributed by atoms with Crippen LogP contribution in [-0.4, -0.2) is 46.6 Å². The summed E-state index contributed by atoms with van der Waals surface area (Å²) in [6.07, 6.45) is 6.42. The van der Waals surface area contributed by atoms with Crippen molar-refractivity contribution in [3.8, 4) is 0 Å². The summed E-state index contributed by atoms with van der Waals surface area (Å²) in [4.78, 5) is 40.2. The number of Topliss-reactive ketones (excluding diaryl/α,β-unsaturated/α-hetero) is 1. The normalized spacial score (nSPS) is 21.6. The third-order valence-corrected chi connectivity index (χ3v) is 12.5. The summed E-state index contributed by atoms with van der Waals surface area (Å²) in [5.41, 5.74) is 4.19. The molecule has 214 valence electrons. The molecule has 0 saturated heterocycles. The second kappa shape index (κ2) is 10.3. The molecule has 2 N–H and O–H groups in total. The van der Waals surface area contributed by atoms with E-state index in [-0.39, 0.29) is 24.4 Å². The number of fused-ring (bicyclic) bond motifs is 3. The van der Waals surface area contributed by atoms with Gasteiger partial charge < -0.3 is 24.6 Å². The minimum atomic E-state index is -1.76. The van der Waals surface area contributed by atoms with Crippen LogP contribution in [0.5, 0.6) is 0 Å². The molecule has 0 saturated carbocycles. The average molecular weight is 572 g/mol. The maximum Gasteiger partial charge on any atom is 0.342 e. The Labute approximate surface area is 241 Å². The molecule has 3 aliphatic heterocycles. The van der Waals surface area contributed by atoms with Crippen LogP contribution in [0.25, 0.3) is 6.08 Å². The smallest absolute Gasteiger partial charge is 0.342 e.